The van der Waals surface area contributed by atoms with Crippen LogP contribution < -0.4 is 16.0 Å². The van der Waals surface area contributed by atoms with E-state index in [2.05, 4.69) is 20.3 Å². The van der Waals surface area contributed by atoms with Crippen molar-refractivity contribution in [1.29, 1.82) is 0 Å². The minimum absolute atomic E-state index is 0.0130. The third-order valence-electron chi connectivity index (χ3n) is 3.16. The van der Waals surface area contributed by atoms with Crippen LogP contribution in [0.15, 0.2) is 21.9 Å². The topological polar surface area (TPSA) is 130 Å². The van der Waals surface area contributed by atoms with E-state index >= 15 is 0 Å². The molecule has 0 aliphatic carbocycles. The lowest BCUT2D eigenvalue weighted by molar-refractivity contribution is 0.202. The molecule has 23 heavy (non-hydrogen) atoms. The Bertz CT molecular complexity index is 847. The van der Waals surface area contributed by atoms with Gasteiger partial charge in [0.05, 0.1) is 6.04 Å². The molecule has 0 aliphatic rings. The van der Waals surface area contributed by atoms with Crippen molar-refractivity contribution >= 4 is 46.4 Å². The molecule has 3 aromatic rings. The van der Waals surface area contributed by atoms with Crippen LogP contribution >= 0.6 is 11.3 Å². The lowest BCUT2D eigenvalue weighted by Gasteiger charge is -2.12. The Hall–Kier alpha value is -2.88. The van der Waals surface area contributed by atoms with Crippen LogP contribution in [0.1, 0.15) is 17.8 Å². The number of rotatable bonds is 4. The largest absolute Gasteiger partial charge is 0.465 e. The first kappa shape index (κ1) is 15.0. The highest BCUT2D eigenvalue weighted by atomic mass is 32.1. The minimum Gasteiger partial charge on any atom is -0.465 e. The Labute approximate surface area is 134 Å². The van der Waals surface area contributed by atoms with Gasteiger partial charge in [-0.25, -0.2) is 9.69 Å². The number of hydrogen-bond donors (Lipinski definition) is 3. The molecule has 0 bridgehead atoms. The number of oxazole rings is 1. The van der Waals surface area contributed by atoms with Crippen molar-refractivity contribution in [3.05, 3.63) is 22.4 Å². The molecule has 1 unspecified atom stereocenters. The molecule has 9 nitrogen and oxygen atoms in total. The Kier molecular flexibility index (Phi) is 3.74. The molecule has 1 amide bonds. The van der Waals surface area contributed by atoms with E-state index in [1.54, 1.807) is 11.3 Å². The highest BCUT2D eigenvalue weighted by molar-refractivity contribution is 7.10. The Morgan fingerprint density at radius 3 is 2.91 bits per heavy atom. The molecule has 10 heteroatoms. The number of nitrogens with zero attached hydrogens (tertiary/aromatic N) is 4. The van der Waals surface area contributed by atoms with E-state index in [9.17, 15) is 4.79 Å². The van der Waals surface area contributed by atoms with Gasteiger partial charge in [-0.05, 0) is 18.4 Å². The maximum atomic E-state index is 11.0. The van der Waals surface area contributed by atoms with Gasteiger partial charge in [0.2, 0.25) is 5.95 Å². The average Bonchev–Trinajstić information content (AvgIpc) is 3.15. The standard InChI is InChI=1S/C13H14N6O3S/c1-6(7-4-3-5-23-7)15-9-8-10(18-11(14)17-9)22-12(16-8)19(2)13(20)21/h3-6H,1-2H3,(H,20,21)(H3,14,15,17,18). The van der Waals surface area contributed by atoms with E-state index in [0.29, 0.717) is 11.3 Å². The lowest BCUT2D eigenvalue weighted by atomic mass is 10.3. The van der Waals surface area contributed by atoms with Gasteiger partial charge in [0.25, 0.3) is 5.71 Å². The van der Waals surface area contributed by atoms with E-state index in [1.165, 1.54) is 7.05 Å². The normalized spacial score (nSPS) is 12.3. The number of fused-ring (bicyclic) bond motifs is 1. The van der Waals surface area contributed by atoms with Gasteiger partial charge in [-0.3, -0.25) is 0 Å². The van der Waals surface area contributed by atoms with Gasteiger partial charge < -0.3 is 20.6 Å². The molecule has 0 radical (unpaired) electrons. The molecule has 120 valence electrons. The average molecular weight is 334 g/mol. The summed E-state index contributed by atoms with van der Waals surface area (Å²) in [5.41, 5.74) is 6.14. The zero-order valence-electron chi connectivity index (χ0n) is 12.3. The number of thiophene rings is 1. The van der Waals surface area contributed by atoms with E-state index in [4.69, 9.17) is 15.3 Å². The van der Waals surface area contributed by atoms with Crippen LogP contribution in [0.3, 0.4) is 0 Å². The predicted octanol–water partition coefficient (Wildman–Crippen LogP) is 2.55. The van der Waals surface area contributed by atoms with Gasteiger partial charge in [0, 0.05) is 11.9 Å². The van der Waals surface area contributed by atoms with Gasteiger partial charge in [0.15, 0.2) is 11.3 Å². The second-order valence-corrected chi connectivity index (χ2v) is 5.78. The highest BCUT2D eigenvalue weighted by Crippen LogP contribution is 2.29. The summed E-state index contributed by atoms with van der Waals surface area (Å²) in [5.74, 6) is 0.404. The minimum atomic E-state index is -1.20. The smallest absolute Gasteiger partial charge is 0.415 e. The number of nitrogens with one attached hydrogen (secondary N) is 1. The summed E-state index contributed by atoms with van der Waals surface area (Å²) in [6.07, 6.45) is -1.20. The fourth-order valence-corrected chi connectivity index (χ4v) is 2.70. The van der Waals surface area contributed by atoms with Gasteiger partial charge in [-0.15, -0.1) is 11.3 Å². The van der Waals surface area contributed by atoms with Crippen LogP contribution in [0, 0.1) is 0 Å². The summed E-state index contributed by atoms with van der Waals surface area (Å²) in [6.45, 7) is 1.97. The summed E-state index contributed by atoms with van der Waals surface area (Å²) < 4.78 is 5.35. The molecule has 0 aromatic carbocycles. The first-order valence-corrected chi connectivity index (χ1v) is 7.54. The first-order chi connectivity index (χ1) is 11.0. The first-order valence-electron chi connectivity index (χ1n) is 6.66. The van der Waals surface area contributed by atoms with E-state index < -0.39 is 6.09 Å². The van der Waals surface area contributed by atoms with Crippen molar-refractivity contribution in [3.63, 3.8) is 0 Å². The molecular formula is C13H14N6O3S. The second-order valence-electron chi connectivity index (χ2n) is 4.80. The van der Waals surface area contributed by atoms with Crippen molar-refractivity contribution in [2.75, 3.05) is 23.0 Å². The quantitative estimate of drug-likeness (QED) is 0.663. The van der Waals surface area contributed by atoms with Crippen LogP contribution in [-0.4, -0.2) is 33.2 Å². The van der Waals surface area contributed by atoms with Crippen LogP contribution in [0.5, 0.6) is 0 Å². The van der Waals surface area contributed by atoms with Crippen molar-refractivity contribution in [1.82, 2.24) is 15.0 Å². The molecule has 0 aliphatic heterocycles. The molecule has 3 aromatic heterocycles. The fraction of sp³-hybridized carbons (Fsp3) is 0.231. The zero-order chi connectivity index (χ0) is 16.6. The van der Waals surface area contributed by atoms with E-state index in [1.807, 2.05) is 24.4 Å². The SMILES string of the molecule is CC(Nc1nc(N)nc2oc(N(C)C(=O)O)nc12)c1cccs1. The molecule has 3 heterocycles. The highest BCUT2D eigenvalue weighted by Gasteiger charge is 2.21. The number of carboxylic acid groups (broad SMARTS) is 1. The second kappa shape index (κ2) is 5.72. The Morgan fingerprint density at radius 2 is 2.26 bits per heavy atom. The van der Waals surface area contributed by atoms with Gasteiger partial charge in [-0.2, -0.15) is 15.0 Å². The maximum Gasteiger partial charge on any atom is 0.415 e. The van der Waals surface area contributed by atoms with Gasteiger partial charge >= 0.3 is 12.1 Å². The number of amides is 1. The molecule has 0 spiro atoms. The summed E-state index contributed by atoms with van der Waals surface area (Å²) in [4.78, 5) is 25.2. The number of nitrogen functional groups attached to an aromatic ring is 1. The Balaban J connectivity index is 2.00. The number of hydrogen-bond acceptors (Lipinski definition) is 8. The summed E-state index contributed by atoms with van der Waals surface area (Å²) in [6, 6.07) is 3.83. The molecular weight excluding hydrogens is 320 g/mol. The van der Waals surface area contributed by atoms with E-state index in [0.717, 1.165) is 9.78 Å². The number of aromatic nitrogens is 3. The van der Waals surface area contributed by atoms with Gasteiger partial charge in [-0.1, -0.05) is 6.07 Å². The maximum absolute atomic E-state index is 11.0. The molecule has 1 atom stereocenters. The summed E-state index contributed by atoms with van der Waals surface area (Å²) in [7, 11) is 1.32. The van der Waals surface area contributed by atoms with Crippen LogP contribution in [0.2, 0.25) is 0 Å². The van der Waals surface area contributed by atoms with Crippen molar-refractivity contribution in [2.24, 2.45) is 0 Å². The lowest BCUT2D eigenvalue weighted by Crippen LogP contribution is -2.23. The monoisotopic (exact) mass is 334 g/mol. The predicted molar refractivity (Wildman–Crippen MR) is 86.8 cm³/mol. The molecule has 0 fully saturated rings. The van der Waals surface area contributed by atoms with E-state index in [-0.39, 0.29) is 23.7 Å². The molecule has 0 saturated heterocycles. The molecule has 3 rings (SSSR count). The van der Waals surface area contributed by atoms with Crippen molar-refractivity contribution < 1.29 is 14.3 Å². The third kappa shape index (κ3) is 2.88. The van der Waals surface area contributed by atoms with Crippen LogP contribution in [0.4, 0.5) is 22.6 Å². The third-order valence-corrected chi connectivity index (χ3v) is 4.22. The summed E-state index contributed by atoms with van der Waals surface area (Å²) in [5, 5.41) is 14.2. The fourth-order valence-electron chi connectivity index (χ4n) is 1.97. The molecule has 4 N–H and O–H groups in total. The number of carbonyl (C=O) groups is 1. The summed E-state index contributed by atoms with van der Waals surface area (Å²) >= 11 is 1.61. The molecule has 0 saturated carbocycles. The number of nitrogens with two attached hydrogens (primary N) is 1. The number of anilines is 3. The van der Waals surface area contributed by atoms with Crippen molar-refractivity contribution in [3.8, 4) is 0 Å². The van der Waals surface area contributed by atoms with Crippen LogP contribution in [0.25, 0.3) is 11.2 Å². The van der Waals surface area contributed by atoms with Crippen LogP contribution in [-0.2, 0) is 0 Å². The Morgan fingerprint density at radius 1 is 1.48 bits per heavy atom. The van der Waals surface area contributed by atoms with Crippen molar-refractivity contribution in [2.45, 2.75) is 13.0 Å². The zero-order valence-corrected chi connectivity index (χ0v) is 13.2. The van der Waals surface area contributed by atoms with Gasteiger partial charge in [0.1, 0.15) is 0 Å².